The zero-order valence-corrected chi connectivity index (χ0v) is 11.1. The van der Waals surface area contributed by atoms with E-state index in [0.717, 1.165) is 0 Å². The number of nitro groups is 1. The Bertz CT molecular complexity index is 528. The third-order valence-electron chi connectivity index (χ3n) is 1.73. The summed E-state index contributed by atoms with van der Waals surface area (Å²) in [5.74, 6) is 0. The Morgan fingerprint density at radius 3 is 2.40 bits per heavy atom. The van der Waals surface area contributed by atoms with Gasteiger partial charge in [-0.25, -0.2) is 8.42 Å². The van der Waals surface area contributed by atoms with Crippen molar-refractivity contribution in [1.29, 1.82) is 0 Å². The van der Waals surface area contributed by atoms with Gasteiger partial charge in [0.1, 0.15) is 8.47 Å². The second-order valence-corrected chi connectivity index (χ2v) is 6.35. The monoisotopic (exact) mass is 361 g/mol. The number of hydrogen-bond acceptors (Lipinski definition) is 4. The van der Waals surface area contributed by atoms with Crippen molar-refractivity contribution in [2.75, 3.05) is 0 Å². The molecular weight excluding hydrogens is 357 g/mol. The molecule has 8 heteroatoms. The van der Waals surface area contributed by atoms with Crippen LogP contribution in [0.25, 0.3) is 0 Å². The van der Waals surface area contributed by atoms with Crippen molar-refractivity contribution in [2.24, 2.45) is 0 Å². The first-order valence-corrected chi connectivity index (χ1v) is 7.02. The van der Waals surface area contributed by atoms with Crippen LogP contribution in [0.15, 0.2) is 17.0 Å². The molecule has 0 spiro atoms. The summed E-state index contributed by atoms with van der Waals surface area (Å²) in [6, 6.07) is 2.61. The number of nitrogens with zero attached hydrogens (tertiary/aromatic N) is 1. The maximum atomic E-state index is 11.1. The Kier molecular flexibility index (Phi) is 3.56. The van der Waals surface area contributed by atoms with Crippen molar-refractivity contribution in [1.82, 2.24) is 0 Å². The average molecular weight is 362 g/mol. The summed E-state index contributed by atoms with van der Waals surface area (Å²) in [4.78, 5) is 9.83. The van der Waals surface area contributed by atoms with Gasteiger partial charge in [0.05, 0.1) is 4.92 Å². The molecule has 0 aromatic heterocycles. The lowest BCUT2D eigenvalue weighted by molar-refractivity contribution is -0.386. The second-order valence-electron chi connectivity index (χ2n) is 2.74. The first kappa shape index (κ1) is 12.7. The highest BCUT2D eigenvalue weighted by atomic mass is 127. The lowest BCUT2D eigenvalue weighted by atomic mass is 10.2. The van der Waals surface area contributed by atoms with Crippen LogP contribution in [-0.4, -0.2) is 13.3 Å². The highest BCUT2D eigenvalue weighted by Crippen LogP contribution is 2.32. The molecule has 0 aliphatic rings. The minimum Gasteiger partial charge on any atom is -0.258 e. The quantitative estimate of drug-likeness (QED) is 0.351. The summed E-state index contributed by atoms with van der Waals surface area (Å²) in [5.41, 5.74) is 0.172. The van der Waals surface area contributed by atoms with Crippen molar-refractivity contribution in [3.8, 4) is 0 Å². The van der Waals surface area contributed by atoms with Crippen molar-refractivity contribution in [3.05, 3.63) is 31.4 Å². The molecule has 0 fully saturated rings. The minimum atomic E-state index is -3.95. The largest absolute Gasteiger partial charge is 0.286 e. The van der Waals surface area contributed by atoms with Gasteiger partial charge in [-0.1, -0.05) is 6.07 Å². The van der Waals surface area contributed by atoms with Gasteiger partial charge >= 0.3 is 0 Å². The van der Waals surface area contributed by atoms with Crippen LogP contribution in [0.4, 0.5) is 5.69 Å². The van der Waals surface area contributed by atoms with Gasteiger partial charge in [0.25, 0.3) is 14.7 Å². The Hall–Kier alpha value is -0.410. The number of halogens is 2. The second kappa shape index (κ2) is 4.22. The Morgan fingerprint density at radius 2 is 2.00 bits per heavy atom. The van der Waals surface area contributed by atoms with Crippen LogP contribution in [0.3, 0.4) is 0 Å². The lowest BCUT2D eigenvalue weighted by Gasteiger charge is -2.03. The number of aryl methyl sites for hydroxylation is 1. The summed E-state index contributed by atoms with van der Waals surface area (Å²) >= 11 is 1.60. The standard InChI is InChI=1S/C7H5ClINO4S/c1-4-2-3-5(15(8,13)14)6(9)7(4)10(11)12/h2-3H,1H3. The first-order valence-electron chi connectivity index (χ1n) is 3.63. The van der Waals surface area contributed by atoms with Crippen molar-refractivity contribution in [2.45, 2.75) is 11.8 Å². The Labute approximate surface area is 104 Å². The van der Waals surface area contributed by atoms with Crippen LogP contribution < -0.4 is 0 Å². The molecule has 5 nitrogen and oxygen atoms in total. The SMILES string of the molecule is Cc1ccc(S(=O)(=O)Cl)c(I)c1[N+](=O)[O-]. The van der Waals surface area contributed by atoms with Gasteiger partial charge < -0.3 is 0 Å². The van der Waals surface area contributed by atoms with Gasteiger partial charge in [-0.15, -0.1) is 0 Å². The fourth-order valence-corrected chi connectivity index (χ4v) is 4.04. The Balaban J connectivity index is 3.64. The van der Waals surface area contributed by atoms with E-state index in [1.165, 1.54) is 19.1 Å². The topological polar surface area (TPSA) is 77.3 Å². The molecule has 0 heterocycles. The molecular formula is C7H5ClINO4S. The fraction of sp³-hybridized carbons (Fsp3) is 0.143. The summed E-state index contributed by atoms with van der Waals surface area (Å²) in [7, 11) is 1.19. The maximum Gasteiger partial charge on any atom is 0.286 e. The van der Waals surface area contributed by atoms with E-state index in [9.17, 15) is 18.5 Å². The predicted molar refractivity (Wildman–Crippen MR) is 63.6 cm³/mol. The van der Waals surface area contributed by atoms with Gasteiger partial charge in [0.15, 0.2) is 0 Å². The van der Waals surface area contributed by atoms with E-state index in [1.807, 2.05) is 0 Å². The predicted octanol–water partition coefficient (Wildman–Crippen LogP) is 2.44. The molecule has 0 aliphatic carbocycles. The van der Waals surface area contributed by atoms with E-state index in [1.54, 1.807) is 22.6 Å². The highest BCUT2D eigenvalue weighted by molar-refractivity contribution is 14.1. The maximum absolute atomic E-state index is 11.1. The third kappa shape index (κ3) is 2.58. The molecule has 0 N–H and O–H groups in total. The van der Waals surface area contributed by atoms with E-state index < -0.39 is 14.0 Å². The summed E-state index contributed by atoms with van der Waals surface area (Å²) in [6.07, 6.45) is 0. The fourth-order valence-electron chi connectivity index (χ4n) is 1.06. The molecule has 0 amide bonds. The van der Waals surface area contributed by atoms with Crippen LogP contribution >= 0.6 is 33.3 Å². The molecule has 1 aromatic rings. The molecule has 0 aliphatic heterocycles. The molecule has 0 atom stereocenters. The molecule has 0 unspecified atom stereocenters. The average Bonchev–Trinajstić information content (AvgIpc) is 2.00. The summed E-state index contributed by atoms with van der Waals surface area (Å²) in [5, 5.41) is 10.7. The number of rotatable bonds is 2. The van der Waals surface area contributed by atoms with Crippen molar-refractivity contribution >= 4 is 48.0 Å². The van der Waals surface area contributed by atoms with E-state index in [2.05, 4.69) is 0 Å². The van der Waals surface area contributed by atoms with Crippen LogP contribution in [0.2, 0.25) is 0 Å². The smallest absolute Gasteiger partial charge is 0.258 e. The number of nitro benzene ring substituents is 1. The van der Waals surface area contributed by atoms with Crippen LogP contribution in [0, 0.1) is 20.6 Å². The van der Waals surface area contributed by atoms with Crippen molar-refractivity contribution in [3.63, 3.8) is 0 Å². The zero-order valence-electron chi connectivity index (χ0n) is 7.40. The molecule has 0 saturated heterocycles. The molecule has 0 radical (unpaired) electrons. The zero-order chi connectivity index (χ0) is 11.8. The molecule has 1 rings (SSSR count). The third-order valence-corrected chi connectivity index (χ3v) is 4.55. The minimum absolute atomic E-state index is 0.0348. The molecule has 15 heavy (non-hydrogen) atoms. The normalized spacial score (nSPS) is 11.4. The van der Waals surface area contributed by atoms with E-state index in [-0.39, 0.29) is 14.2 Å². The van der Waals surface area contributed by atoms with Gasteiger partial charge in [0, 0.05) is 16.2 Å². The van der Waals surface area contributed by atoms with Crippen LogP contribution in [0.5, 0.6) is 0 Å². The molecule has 82 valence electrons. The van der Waals surface area contributed by atoms with E-state index >= 15 is 0 Å². The summed E-state index contributed by atoms with van der Waals surface area (Å²) < 4.78 is 22.2. The Morgan fingerprint density at radius 1 is 1.47 bits per heavy atom. The van der Waals surface area contributed by atoms with Crippen molar-refractivity contribution < 1.29 is 13.3 Å². The van der Waals surface area contributed by atoms with Gasteiger partial charge in [-0.05, 0) is 35.6 Å². The lowest BCUT2D eigenvalue weighted by Crippen LogP contribution is -2.01. The van der Waals surface area contributed by atoms with Gasteiger partial charge in [0.2, 0.25) is 0 Å². The molecule has 0 saturated carbocycles. The molecule has 1 aromatic carbocycles. The number of benzene rings is 1. The van der Waals surface area contributed by atoms with E-state index in [4.69, 9.17) is 10.7 Å². The van der Waals surface area contributed by atoms with Gasteiger partial charge in [-0.3, -0.25) is 10.1 Å². The molecule has 0 bridgehead atoms. The van der Waals surface area contributed by atoms with Crippen LogP contribution in [0.1, 0.15) is 5.56 Å². The van der Waals surface area contributed by atoms with Gasteiger partial charge in [-0.2, -0.15) is 0 Å². The highest BCUT2D eigenvalue weighted by Gasteiger charge is 2.24. The number of hydrogen-bond donors (Lipinski definition) is 0. The van der Waals surface area contributed by atoms with Crippen LogP contribution in [-0.2, 0) is 9.05 Å². The van der Waals surface area contributed by atoms with E-state index in [0.29, 0.717) is 5.56 Å². The summed E-state index contributed by atoms with van der Waals surface area (Å²) in [6.45, 7) is 1.53. The first-order chi connectivity index (χ1) is 6.75.